The van der Waals surface area contributed by atoms with Gasteiger partial charge in [-0.05, 0) is 115 Å². The molecule has 0 fully saturated rings. The monoisotopic (exact) mass is 589 g/mol. The molecule has 4 nitrogen and oxygen atoms in total. The number of ketones is 2. The number of carbonyl (C=O) groups excluding carboxylic acids is 2. The largest absolute Gasteiger partial charge is 0.507 e. The normalized spacial score (nSPS) is 14.1. The highest BCUT2D eigenvalue weighted by atomic mass is 16.3. The van der Waals surface area contributed by atoms with Crippen molar-refractivity contribution in [2.45, 2.75) is 112 Å². The minimum absolute atomic E-state index is 0.129. The molecule has 0 amide bonds. The number of fused-ring (bicyclic) bond motifs is 2. The number of hydrogen-bond acceptors (Lipinski definition) is 4. The van der Waals surface area contributed by atoms with Crippen LogP contribution >= 0.6 is 0 Å². The average molecular weight is 590 g/mol. The van der Waals surface area contributed by atoms with Gasteiger partial charge in [0.1, 0.15) is 11.7 Å². The number of para-hydroxylation sites is 1. The number of phenolic OH excluding ortho intramolecular Hbond substituents is 1. The number of aryl methyl sites for hydroxylation is 2. The van der Waals surface area contributed by atoms with E-state index in [1.165, 1.54) is 5.56 Å². The van der Waals surface area contributed by atoms with Crippen LogP contribution in [0, 0.1) is 27.7 Å². The van der Waals surface area contributed by atoms with Crippen molar-refractivity contribution < 1.29 is 14.7 Å². The predicted octanol–water partition coefficient (Wildman–Crippen LogP) is 9.50. The number of phenols is 1. The Morgan fingerprint density at radius 2 is 1.23 bits per heavy atom. The molecule has 0 bridgehead atoms. The van der Waals surface area contributed by atoms with Crippen molar-refractivity contribution in [1.82, 2.24) is 4.98 Å². The molecule has 0 radical (unpaired) electrons. The van der Waals surface area contributed by atoms with E-state index in [-0.39, 0.29) is 22.4 Å². The summed E-state index contributed by atoms with van der Waals surface area (Å²) in [6, 6.07) is 14.4. The molecule has 0 atom stereocenters. The highest BCUT2D eigenvalue weighted by Gasteiger charge is 2.43. The zero-order valence-corrected chi connectivity index (χ0v) is 28.2. The highest BCUT2D eigenvalue weighted by Crippen LogP contribution is 2.41. The van der Waals surface area contributed by atoms with E-state index in [0.29, 0.717) is 22.6 Å². The van der Waals surface area contributed by atoms with Crippen molar-refractivity contribution in [3.8, 4) is 5.75 Å². The molecular weight excluding hydrogens is 542 g/mol. The summed E-state index contributed by atoms with van der Waals surface area (Å²) in [5, 5.41) is 12.1. The third-order valence-corrected chi connectivity index (χ3v) is 9.77. The first-order valence-corrected chi connectivity index (χ1v) is 16.0. The fraction of sp³-hybridized carbons (Fsp3) is 0.425. The first-order valence-electron chi connectivity index (χ1n) is 16.0. The average Bonchev–Trinajstić information content (AvgIpc) is 3.21. The van der Waals surface area contributed by atoms with Crippen LogP contribution in [-0.2, 0) is 23.7 Å². The minimum Gasteiger partial charge on any atom is -0.507 e. The van der Waals surface area contributed by atoms with E-state index in [0.717, 1.165) is 75.5 Å². The lowest BCUT2D eigenvalue weighted by molar-refractivity contribution is 0.0887. The molecule has 230 valence electrons. The Balaban J connectivity index is 1.39. The Hall–Kier alpha value is -3.79. The molecule has 0 saturated carbocycles. The molecule has 4 heteroatoms. The number of unbranched alkanes of at least 4 members (excludes halogenated alkanes) is 1. The number of Topliss-reactive ketones (excluding diaryl/α,β-unsaturated/α-hetero) is 2. The van der Waals surface area contributed by atoms with Gasteiger partial charge in [0.15, 0.2) is 11.6 Å². The second-order valence-electron chi connectivity index (χ2n) is 14.9. The fourth-order valence-corrected chi connectivity index (χ4v) is 6.82. The number of benzene rings is 3. The molecule has 44 heavy (non-hydrogen) atoms. The smallest absolute Gasteiger partial charge is 0.180 e. The number of aromatic hydroxyl groups is 1. The SMILES string of the molecule is Cc1c(C)c(C)c2c(c1C)C(=O)C(c1ccc3cccc(CCCCc4cc(C(C)(C)C)c(O)c(C(C)(C)C)c4)c3n1)C2=O. The lowest BCUT2D eigenvalue weighted by atomic mass is 9.78. The Bertz CT molecular complexity index is 1730. The molecule has 5 rings (SSSR count). The summed E-state index contributed by atoms with van der Waals surface area (Å²) in [7, 11) is 0. The van der Waals surface area contributed by atoms with Gasteiger partial charge in [-0.3, -0.25) is 14.6 Å². The van der Waals surface area contributed by atoms with E-state index in [2.05, 4.69) is 65.8 Å². The van der Waals surface area contributed by atoms with Gasteiger partial charge in [0.05, 0.1) is 11.2 Å². The van der Waals surface area contributed by atoms with Gasteiger partial charge in [0.2, 0.25) is 0 Å². The second-order valence-corrected chi connectivity index (χ2v) is 14.9. The third kappa shape index (κ3) is 5.49. The Morgan fingerprint density at radius 1 is 0.705 bits per heavy atom. The zero-order valence-electron chi connectivity index (χ0n) is 28.2. The van der Waals surface area contributed by atoms with E-state index < -0.39 is 5.92 Å². The van der Waals surface area contributed by atoms with Crippen molar-refractivity contribution in [2.24, 2.45) is 0 Å². The molecule has 1 heterocycles. The summed E-state index contributed by atoms with van der Waals surface area (Å²) >= 11 is 0. The second kappa shape index (κ2) is 11.3. The molecule has 1 N–H and O–H groups in total. The summed E-state index contributed by atoms with van der Waals surface area (Å²) in [6.07, 6.45) is 3.76. The minimum atomic E-state index is -0.885. The van der Waals surface area contributed by atoms with Gasteiger partial charge in [-0.25, -0.2) is 0 Å². The van der Waals surface area contributed by atoms with Gasteiger partial charge in [-0.2, -0.15) is 0 Å². The topological polar surface area (TPSA) is 67.3 Å². The molecule has 1 aromatic heterocycles. The first-order chi connectivity index (χ1) is 20.5. The quantitative estimate of drug-likeness (QED) is 0.180. The Morgan fingerprint density at radius 3 is 1.75 bits per heavy atom. The van der Waals surface area contributed by atoms with Crippen LogP contribution in [0.3, 0.4) is 0 Å². The van der Waals surface area contributed by atoms with Crippen LogP contribution in [0.25, 0.3) is 10.9 Å². The van der Waals surface area contributed by atoms with Gasteiger partial charge in [0, 0.05) is 16.5 Å². The van der Waals surface area contributed by atoms with Crippen LogP contribution in [0.5, 0.6) is 5.75 Å². The van der Waals surface area contributed by atoms with Crippen LogP contribution in [0.4, 0.5) is 0 Å². The maximum Gasteiger partial charge on any atom is 0.180 e. The van der Waals surface area contributed by atoms with Crippen LogP contribution in [-0.4, -0.2) is 21.7 Å². The maximum atomic E-state index is 13.7. The number of rotatable bonds is 6. The first kappa shape index (κ1) is 31.6. The molecule has 3 aromatic carbocycles. The van der Waals surface area contributed by atoms with E-state index in [1.54, 1.807) is 0 Å². The van der Waals surface area contributed by atoms with Crippen LogP contribution in [0.15, 0.2) is 42.5 Å². The maximum absolute atomic E-state index is 13.7. The van der Waals surface area contributed by atoms with Crippen LogP contribution < -0.4 is 0 Å². The predicted molar refractivity (Wildman–Crippen MR) is 181 cm³/mol. The van der Waals surface area contributed by atoms with E-state index >= 15 is 0 Å². The zero-order chi connectivity index (χ0) is 32.3. The van der Waals surface area contributed by atoms with Crippen molar-refractivity contribution in [2.75, 3.05) is 0 Å². The summed E-state index contributed by atoms with van der Waals surface area (Å²) in [4.78, 5) is 32.5. The van der Waals surface area contributed by atoms with Gasteiger partial charge >= 0.3 is 0 Å². The van der Waals surface area contributed by atoms with Gasteiger partial charge < -0.3 is 5.11 Å². The summed E-state index contributed by atoms with van der Waals surface area (Å²) < 4.78 is 0. The number of hydrogen-bond donors (Lipinski definition) is 1. The Kier molecular flexibility index (Phi) is 8.12. The molecule has 0 spiro atoms. The summed E-state index contributed by atoms with van der Waals surface area (Å²) in [5.41, 5.74) is 10.6. The van der Waals surface area contributed by atoms with Gasteiger partial charge in [-0.1, -0.05) is 77.9 Å². The van der Waals surface area contributed by atoms with E-state index in [9.17, 15) is 14.7 Å². The summed E-state index contributed by atoms with van der Waals surface area (Å²) in [5.74, 6) is -0.721. The van der Waals surface area contributed by atoms with Crippen molar-refractivity contribution in [3.63, 3.8) is 0 Å². The Labute approximate surface area is 262 Å². The molecule has 4 aromatic rings. The standard InChI is InChI=1S/C40H47NO3/c1-22-23(2)25(4)33-32(24(22)3)37(43)34(38(33)44)31-19-18-28-17-13-16-27(35(28)41-31)15-12-11-14-26-20-29(39(5,6)7)36(42)30(21-26)40(8,9)10/h13,16-21,34,42H,11-12,14-15H2,1-10H3. The van der Waals surface area contributed by atoms with Crippen LogP contribution in [0.2, 0.25) is 0 Å². The number of nitrogens with zero attached hydrogens (tertiary/aromatic N) is 1. The lowest BCUT2D eigenvalue weighted by Crippen LogP contribution is -2.18. The van der Waals surface area contributed by atoms with Crippen molar-refractivity contribution in [3.05, 3.63) is 104 Å². The molecule has 1 aliphatic rings. The van der Waals surface area contributed by atoms with Crippen molar-refractivity contribution >= 4 is 22.5 Å². The number of pyridine rings is 1. The molecular formula is C40H47NO3. The lowest BCUT2D eigenvalue weighted by Gasteiger charge is -2.28. The van der Waals surface area contributed by atoms with E-state index in [1.807, 2.05) is 45.9 Å². The van der Waals surface area contributed by atoms with Gasteiger partial charge in [0.25, 0.3) is 0 Å². The van der Waals surface area contributed by atoms with Gasteiger partial charge in [-0.15, -0.1) is 0 Å². The number of aromatic nitrogens is 1. The van der Waals surface area contributed by atoms with E-state index in [4.69, 9.17) is 4.98 Å². The fourth-order valence-electron chi connectivity index (χ4n) is 6.82. The highest BCUT2D eigenvalue weighted by molar-refractivity contribution is 6.31. The van der Waals surface area contributed by atoms with Crippen molar-refractivity contribution in [1.29, 1.82) is 0 Å². The van der Waals surface area contributed by atoms with Crippen LogP contribution in [0.1, 0.15) is 131 Å². The third-order valence-electron chi connectivity index (χ3n) is 9.77. The number of carbonyl (C=O) groups is 2. The molecule has 0 unspecified atom stereocenters. The summed E-state index contributed by atoms with van der Waals surface area (Å²) in [6.45, 7) is 20.8. The molecule has 1 aliphatic carbocycles. The molecule has 0 aliphatic heterocycles. The molecule has 0 saturated heterocycles.